The van der Waals surface area contributed by atoms with Crippen molar-refractivity contribution in [2.75, 3.05) is 25.4 Å². The van der Waals surface area contributed by atoms with Crippen molar-refractivity contribution < 1.29 is 23.5 Å². The molecule has 0 saturated carbocycles. The molecule has 0 unspecified atom stereocenters. The lowest BCUT2D eigenvalue weighted by molar-refractivity contribution is -0.123. The van der Waals surface area contributed by atoms with Gasteiger partial charge < -0.3 is 10.1 Å². The number of nitrogens with one attached hydrogen (secondary N) is 1. The number of carbonyl (C=O) groups is 3. The van der Waals surface area contributed by atoms with Gasteiger partial charge in [0.1, 0.15) is 17.3 Å². The molecule has 10 nitrogen and oxygen atoms in total. The largest absolute Gasteiger partial charge is 0.492 e. The Bertz CT molecular complexity index is 1320. The normalized spacial score (nSPS) is 14.5. The first-order valence-corrected chi connectivity index (χ1v) is 12.7. The molecule has 3 amide bonds. The van der Waals surface area contributed by atoms with Crippen molar-refractivity contribution in [1.82, 2.24) is 30.4 Å². The van der Waals surface area contributed by atoms with Gasteiger partial charge in [-0.3, -0.25) is 19.3 Å². The third-order valence-corrected chi connectivity index (χ3v) is 6.72. The van der Waals surface area contributed by atoms with E-state index in [4.69, 9.17) is 4.74 Å². The topological polar surface area (TPSA) is 119 Å². The standard InChI is InChI=1S/C23H21FN6O4S2/c1-2-34-18-10-6-5-9-17(18)30-22(26-27-28-30)35-14-20(31)25-11-12-29-21(32)19(36-23(29)33)13-15-7-3-4-8-16(15)24/h3-10,13H,2,11-12,14H2,1H3,(H,25,31). The van der Waals surface area contributed by atoms with Crippen molar-refractivity contribution in [2.24, 2.45) is 0 Å². The summed E-state index contributed by atoms with van der Waals surface area (Å²) in [6.07, 6.45) is 1.35. The van der Waals surface area contributed by atoms with Gasteiger partial charge in [0, 0.05) is 18.7 Å². The van der Waals surface area contributed by atoms with Gasteiger partial charge in [0.2, 0.25) is 11.1 Å². The van der Waals surface area contributed by atoms with Gasteiger partial charge in [-0.25, -0.2) is 4.39 Å². The van der Waals surface area contributed by atoms with Crippen molar-refractivity contribution in [3.8, 4) is 11.4 Å². The van der Waals surface area contributed by atoms with Crippen LogP contribution >= 0.6 is 23.5 Å². The molecule has 36 heavy (non-hydrogen) atoms. The second-order valence-corrected chi connectivity index (χ2v) is 9.20. The fourth-order valence-corrected chi connectivity index (χ4v) is 4.81. The van der Waals surface area contributed by atoms with Crippen LogP contribution in [-0.4, -0.2) is 67.6 Å². The third kappa shape index (κ3) is 5.91. The quantitative estimate of drug-likeness (QED) is 0.313. The highest BCUT2D eigenvalue weighted by atomic mass is 32.2. The first kappa shape index (κ1) is 25.4. The van der Waals surface area contributed by atoms with Gasteiger partial charge in [-0.15, -0.1) is 5.10 Å². The number of nitrogens with zero attached hydrogens (tertiary/aromatic N) is 5. The van der Waals surface area contributed by atoms with Crippen LogP contribution < -0.4 is 10.1 Å². The van der Waals surface area contributed by atoms with Gasteiger partial charge in [0.25, 0.3) is 11.1 Å². The van der Waals surface area contributed by atoms with Crippen molar-refractivity contribution >= 4 is 46.7 Å². The molecule has 186 valence electrons. The Morgan fingerprint density at radius 1 is 1.19 bits per heavy atom. The summed E-state index contributed by atoms with van der Waals surface area (Å²) >= 11 is 1.87. The highest BCUT2D eigenvalue weighted by Crippen LogP contribution is 2.32. The van der Waals surface area contributed by atoms with E-state index in [-0.39, 0.29) is 35.2 Å². The first-order valence-electron chi connectivity index (χ1n) is 10.9. The number of tetrazole rings is 1. The molecule has 1 aromatic heterocycles. The summed E-state index contributed by atoms with van der Waals surface area (Å²) in [5.74, 6) is -0.696. The molecule has 4 rings (SSSR count). The lowest BCUT2D eigenvalue weighted by Crippen LogP contribution is -2.37. The molecule has 0 aliphatic carbocycles. The SMILES string of the molecule is CCOc1ccccc1-n1nnnc1SCC(=O)NCCN1C(=O)SC(=Cc2ccccc2F)C1=O. The van der Waals surface area contributed by atoms with Gasteiger partial charge in [-0.1, -0.05) is 42.1 Å². The smallest absolute Gasteiger partial charge is 0.293 e. The number of thioether (sulfide) groups is 2. The molecular weight excluding hydrogens is 507 g/mol. The minimum Gasteiger partial charge on any atom is -0.492 e. The molecular formula is C23H21FN6O4S2. The Morgan fingerprint density at radius 2 is 1.97 bits per heavy atom. The second kappa shape index (κ2) is 11.8. The van der Waals surface area contributed by atoms with E-state index in [1.165, 1.54) is 22.9 Å². The molecule has 1 aliphatic rings. The van der Waals surface area contributed by atoms with E-state index in [1.54, 1.807) is 18.2 Å². The number of carbonyl (C=O) groups excluding carboxylic acids is 3. The Hall–Kier alpha value is -3.71. The first-order chi connectivity index (χ1) is 17.5. The van der Waals surface area contributed by atoms with Crippen LogP contribution in [0.3, 0.4) is 0 Å². The van der Waals surface area contributed by atoms with Crippen molar-refractivity contribution in [1.29, 1.82) is 0 Å². The summed E-state index contributed by atoms with van der Waals surface area (Å²) in [7, 11) is 0. The van der Waals surface area contributed by atoms with Crippen LogP contribution in [0.25, 0.3) is 11.8 Å². The average molecular weight is 529 g/mol. The molecule has 1 saturated heterocycles. The second-order valence-electron chi connectivity index (χ2n) is 7.27. The Balaban J connectivity index is 1.29. The zero-order valence-electron chi connectivity index (χ0n) is 19.1. The molecule has 1 aliphatic heterocycles. The highest BCUT2D eigenvalue weighted by molar-refractivity contribution is 8.18. The van der Waals surface area contributed by atoms with E-state index in [2.05, 4.69) is 20.8 Å². The minimum absolute atomic E-state index is 0.00481. The lowest BCUT2D eigenvalue weighted by atomic mass is 10.2. The van der Waals surface area contributed by atoms with Gasteiger partial charge in [-0.05, 0) is 53.4 Å². The number of rotatable bonds is 10. The zero-order valence-corrected chi connectivity index (χ0v) is 20.7. The van der Waals surface area contributed by atoms with Crippen LogP contribution in [0, 0.1) is 5.82 Å². The molecule has 0 atom stereocenters. The molecule has 2 heterocycles. The van der Waals surface area contributed by atoms with E-state index in [9.17, 15) is 18.8 Å². The fraction of sp³-hybridized carbons (Fsp3) is 0.217. The fourth-order valence-electron chi connectivity index (χ4n) is 3.24. The van der Waals surface area contributed by atoms with Crippen LogP contribution in [0.5, 0.6) is 5.75 Å². The summed E-state index contributed by atoms with van der Waals surface area (Å²) in [6.45, 7) is 2.42. The maximum Gasteiger partial charge on any atom is 0.293 e. The number of hydrogen-bond acceptors (Lipinski definition) is 9. The van der Waals surface area contributed by atoms with Crippen LogP contribution in [0.15, 0.2) is 58.6 Å². The van der Waals surface area contributed by atoms with Crippen LogP contribution in [0.1, 0.15) is 12.5 Å². The molecule has 1 N–H and O–H groups in total. The van der Waals surface area contributed by atoms with Gasteiger partial charge in [0.05, 0.1) is 17.3 Å². The summed E-state index contributed by atoms with van der Waals surface area (Å²) in [5, 5.41) is 14.3. The van der Waals surface area contributed by atoms with Gasteiger partial charge >= 0.3 is 0 Å². The summed E-state index contributed by atoms with van der Waals surface area (Å²) in [5.41, 5.74) is 0.870. The van der Waals surface area contributed by atoms with Crippen LogP contribution in [-0.2, 0) is 9.59 Å². The Labute approximate surface area is 214 Å². The van der Waals surface area contributed by atoms with Gasteiger partial charge in [0.15, 0.2) is 0 Å². The highest BCUT2D eigenvalue weighted by Gasteiger charge is 2.34. The molecule has 1 fully saturated rings. The summed E-state index contributed by atoms with van der Waals surface area (Å²) in [4.78, 5) is 38.3. The number of aromatic nitrogens is 4. The molecule has 0 bridgehead atoms. The van der Waals surface area contributed by atoms with Crippen LogP contribution in [0.4, 0.5) is 9.18 Å². The monoisotopic (exact) mass is 528 g/mol. The minimum atomic E-state index is -0.524. The zero-order chi connectivity index (χ0) is 25.5. The van der Waals surface area contributed by atoms with Gasteiger partial charge in [-0.2, -0.15) is 4.68 Å². The number of para-hydroxylation sites is 2. The van der Waals surface area contributed by atoms with E-state index in [0.29, 0.717) is 23.2 Å². The third-order valence-electron chi connectivity index (χ3n) is 4.89. The average Bonchev–Trinajstić information content (AvgIpc) is 3.44. The van der Waals surface area contributed by atoms with E-state index >= 15 is 0 Å². The molecule has 2 aromatic carbocycles. The number of halogens is 1. The molecule has 0 spiro atoms. The molecule has 3 aromatic rings. The molecule has 13 heteroatoms. The van der Waals surface area contributed by atoms with E-state index < -0.39 is 17.0 Å². The lowest BCUT2D eigenvalue weighted by Gasteiger charge is -2.13. The van der Waals surface area contributed by atoms with E-state index in [1.807, 2.05) is 25.1 Å². The maximum absolute atomic E-state index is 13.9. The number of amides is 3. The Morgan fingerprint density at radius 3 is 2.78 bits per heavy atom. The van der Waals surface area contributed by atoms with E-state index in [0.717, 1.165) is 28.4 Å². The van der Waals surface area contributed by atoms with Crippen molar-refractivity contribution in [3.05, 3.63) is 64.8 Å². The molecule has 0 radical (unpaired) electrons. The predicted octanol–water partition coefficient (Wildman–Crippen LogP) is 3.14. The maximum atomic E-state index is 13.9. The number of ether oxygens (including phenoxy) is 1. The van der Waals surface area contributed by atoms with Crippen LogP contribution in [0.2, 0.25) is 0 Å². The number of benzene rings is 2. The number of imide groups is 1. The van der Waals surface area contributed by atoms with Crippen molar-refractivity contribution in [3.63, 3.8) is 0 Å². The summed E-state index contributed by atoms with van der Waals surface area (Å²) < 4.78 is 21.0. The van der Waals surface area contributed by atoms with Crippen molar-refractivity contribution in [2.45, 2.75) is 12.1 Å². The summed E-state index contributed by atoms with van der Waals surface area (Å²) in [6, 6.07) is 13.3. The number of hydrogen-bond donors (Lipinski definition) is 1. The predicted molar refractivity (Wildman–Crippen MR) is 133 cm³/mol. The Kier molecular flexibility index (Phi) is 8.33.